The molecule has 12 heteroatoms. The van der Waals surface area contributed by atoms with Crippen LogP contribution in [0, 0.1) is 10.1 Å². The Bertz CT molecular complexity index is 1290. The van der Waals surface area contributed by atoms with Crippen LogP contribution in [0.1, 0.15) is 15.9 Å². The summed E-state index contributed by atoms with van der Waals surface area (Å²) in [7, 11) is 1.14. The summed E-state index contributed by atoms with van der Waals surface area (Å²) in [5, 5.41) is 11.4. The van der Waals surface area contributed by atoms with Gasteiger partial charge in [-0.2, -0.15) is 0 Å². The van der Waals surface area contributed by atoms with Crippen molar-refractivity contribution in [3.63, 3.8) is 0 Å². The van der Waals surface area contributed by atoms with Crippen molar-refractivity contribution in [2.24, 2.45) is 0 Å². The number of non-ortho nitro benzene ring substituents is 1. The Morgan fingerprint density at radius 3 is 2.45 bits per heavy atom. The third-order valence-electron chi connectivity index (χ3n) is 4.44. The van der Waals surface area contributed by atoms with Gasteiger partial charge in [-0.05, 0) is 43.5 Å². The first-order valence-corrected chi connectivity index (χ1v) is 10.8. The second-order valence-corrected chi connectivity index (χ2v) is 8.10. The minimum absolute atomic E-state index is 0.000474. The van der Waals surface area contributed by atoms with Crippen LogP contribution in [-0.2, 0) is 27.4 Å². The Morgan fingerprint density at radius 2 is 1.82 bits per heavy atom. The second-order valence-electron chi connectivity index (χ2n) is 6.60. The number of nitrogens with zero attached hydrogens (tertiary/aromatic N) is 3. The third-order valence-corrected chi connectivity index (χ3v) is 5.51. The average molecular weight is 581 g/mol. The summed E-state index contributed by atoms with van der Waals surface area (Å²) in [6, 6.07) is 12.5. The standard InChI is InChI=1S/C21H15Br2N3O7/c1-32-21(29)14-7-13(8-15(9-14)26(30)31)17-18(22)24-19(23)20(28)25(17)10-16(27)33-11-12-5-3-2-4-6-12/h2-9H,10-11H2,1H3. The molecule has 1 aromatic heterocycles. The number of carbonyl (C=O) groups is 2. The van der Waals surface area contributed by atoms with E-state index in [-0.39, 0.29) is 32.6 Å². The maximum absolute atomic E-state index is 12.8. The second kappa shape index (κ2) is 10.5. The molecule has 33 heavy (non-hydrogen) atoms. The Labute approximate surface area is 203 Å². The molecular formula is C21H15Br2N3O7. The average Bonchev–Trinajstić information content (AvgIpc) is 2.80. The van der Waals surface area contributed by atoms with E-state index >= 15 is 0 Å². The van der Waals surface area contributed by atoms with Gasteiger partial charge in [0.2, 0.25) is 0 Å². The maximum Gasteiger partial charge on any atom is 0.338 e. The molecule has 0 unspecified atom stereocenters. The number of esters is 2. The molecule has 2 aromatic carbocycles. The van der Waals surface area contributed by atoms with Gasteiger partial charge in [0.05, 0.1) is 23.3 Å². The zero-order valence-electron chi connectivity index (χ0n) is 17.0. The molecule has 0 aliphatic carbocycles. The van der Waals surface area contributed by atoms with Crippen LogP contribution in [0.5, 0.6) is 0 Å². The molecule has 0 aliphatic rings. The Balaban J connectivity index is 2.06. The van der Waals surface area contributed by atoms with Crippen LogP contribution in [0.25, 0.3) is 11.3 Å². The summed E-state index contributed by atoms with van der Waals surface area (Å²) in [5.74, 6) is -1.52. The number of hydrogen-bond acceptors (Lipinski definition) is 8. The Kier molecular flexibility index (Phi) is 7.71. The van der Waals surface area contributed by atoms with Gasteiger partial charge in [0, 0.05) is 17.7 Å². The molecule has 3 aromatic rings. The lowest BCUT2D eigenvalue weighted by molar-refractivity contribution is -0.384. The van der Waals surface area contributed by atoms with Gasteiger partial charge in [0.1, 0.15) is 17.8 Å². The van der Waals surface area contributed by atoms with Gasteiger partial charge in [-0.1, -0.05) is 30.3 Å². The predicted octanol–water partition coefficient (Wildman–Crippen LogP) is 3.87. The zero-order valence-corrected chi connectivity index (χ0v) is 20.2. The smallest absolute Gasteiger partial charge is 0.338 e. The van der Waals surface area contributed by atoms with Crippen molar-refractivity contribution < 1.29 is 24.0 Å². The van der Waals surface area contributed by atoms with Crippen molar-refractivity contribution >= 4 is 49.5 Å². The van der Waals surface area contributed by atoms with E-state index in [4.69, 9.17) is 4.74 Å². The summed E-state index contributed by atoms with van der Waals surface area (Å²) in [6.45, 7) is -0.503. The monoisotopic (exact) mass is 579 g/mol. The normalized spacial score (nSPS) is 10.5. The molecule has 10 nitrogen and oxygen atoms in total. The van der Waals surface area contributed by atoms with E-state index in [1.165, 1.54) is 6.07 Å². The fraction of sp³-hybridized carbons (Fsp3) is 0.143. The number of methoxy groups -OCH3 is 1. The molecule has 0 bridgehead atoms. The Morgan fingerprint density at radius 1 is 1.12 bits per heavy atom. The minimum atomic E-state index is -0.808. The highest BCUT2D eigenvalue weighted by Gasteiger charge is 2.23. The molecule has 0 aliphatic heterocycles. The zero-order chi connectivity index (χ0) is 24.1. The molecule has 0 radical (unpaired) electrons. The summed E-state index contributed by atoms with van der Waals surface area (Å²) in [5.41, 5.74) is -0.276. The van der Waals surface area contributed by atoms with Crippen LogP contribution >= 0.6 is 31.9 Å². The number of ether oxygens (including phenoxy) is 2. The van der Waals surface area contributed by atoms with Crippen molar-refractivity contribution in [1.82, 2.24) is 9.55 Å². The van der Waals surface area contributed by atoms with Gasteiger partial charge in [-0.15, -0.1) is 0 Å². The molecule has 170 valence electrons. The largest absolute Gasteiger partial charge is 0.465 e. The predicted molar refractivity (Wildman–Crippen MR) is 124 cm³/mol. The summed E-state index contributed by atoms with van der Waals surface area (Å²) >= 11 is 6.28. The van der Waals surface area contributed by atoms with Gasteiger partial charge >= 0.3 is 11.9 Å². The van der Waals surface area contributed by atoms with E-state index in [1.807, 2.05) is 6.07 Å². The number of nitro groups is 1. The van der Waals surface area contributed by atoms with Crippen LogP contribution in [-0.4, -0.2) is 33.5 Å². The number of nitro benzene ring substituents is 1. The molecule has 0 spiro atoms. The molecule has 0 saturated carbocycles. The Hall–Kier alpha value is -3.38. The highest BCUT2D eigenvalue weighted by atomic mass is 79.9. The number of rotatable bonds is 7. The first kappa shape index (κ1) is 24.3. The molecule has 0 amide bonds. The van der Waals surface area contributed by atoms with Gasteiger partial charge in [0.15, 0.2) is 4.60 Å². The van der Waals surface area contributed by atoms with Gasteiger partial charge < -0.3 is 9.47 Å². The van der Waals surface area contributed by atoms with Crippen LogP contribution < -0.4 is 5.56 Å². The van der Waals surface area contributed by atoms with Crippen LogP contribution in [0.3, 0.4) is 0 Å². The van der Waals surface area contributed by atoms with E-state index in [2.05, 4.69) is 41.6 Å². The quantitative estimate of drug-likeness (QED) is 0.234. The lowest BCUT2D eigenvalue weighted by Crippen LogP contribution is -2.28. The topological polar surface area (TPSA) is 131 Å². The number of benzene rings is 2. The SMILES string of the molecule is COC(=O)c1cc(-c2c(Br)nc(Br)c(=O)n2CC(=O)OCc2ccccc2)cc([N+](=O)[O-])c1. The molecule has 1 heterocycles. The van der Waals surface area contributed by atoms with Crippen molar-refractivity contribution in [1.29, 1.82) is 0 Å². The van der Waals surface area contributed by atoms with Gasteiger partial charge in [-0.25, -0.2) is 9.78 Å². The molecular weight excluding hydrogens is 566 g/mol. The fourth-order valence-electron chi connectivity index (χ4n) is 2.94. The van der Waals surface area contributed by atoms with Gasteiger partial charge in [-0.3, -0.25) is 24.3 Å². The third kappa shape index (κ3) is 5.71. The first-order valence-electron chi connectivity index (χ1n) is 9.24. The van der Waals surface area contributed by atoms with Gasteiger partial charge in [0.25, 0.3) is 11.2 Å². The van der Waals surface area contributed by atoms with Crippen molar-refractivity contribution in [2.75, 3.05) is 7.11 Å². The van der Waals surface area contributed by atoms with Crippen LogP contribution in [0.4, 0.5) is 5.69 Å². The van der Waals surface area contributed by atoms with E-state index in [0.717, 1.165) is 29.4 Å². The summed E-state index contributed by atoms with van der Waals surface area (Å²) in [4.78, 5) is 52.1. The number of hydrogen-bond donors (Lipinski definition) is 0. The number of halogens is 2. The number of carbonyl (C=O) groups excluding carboxylic acids is 2. The highest BCUT2D eigenvalue weighted by Crippen LogP contribution is 2.31. The van der Waals surface area contributed by atoms with Crippen molar-refractivity contribution in [3.05, 3.63) is 89.3 Å². The first-order chi connectivity index (χ1) is 15.7. The van der Waals surface area contributed by atoms with E-state index < -0.39 is 34.7 Å². The summed E-state index contributed by atoms with van der Waals surface area (Å²) in [6.07, 6.45) is 0. The van der Waals surface area contributed by atoms with Crippen LogP contribution in [0.2, 0.25) is 0 Å². The highest BCUT2D eigenvalue weighted by molar-refractivity contribution is 9.11. The molecule has 0 fully saturated rings. The van der Waals surface area contributed by atoms with E-state index in [9.17, 15) is 24.5 Å². The lowest BCUT2D eigenvalue weighted by Gasteiger charge is -2.15. The lowest BCUT2D eigenvalue weighted by atomic mass is 10.1. The molecule has 0 N–H and O–H groups in total. The van der Waals surface area contributed by atoms with Crippen LogP contribution in [0.15, 0.2) is 62.5 Å². The van der Waals surface area contributed by atoms with Crippen molar-refractivity contribution in [2.45, 2.75) is 13.2 Å². The van der Waals surface area contributed by atoms with E-state index in [0.29, 0.717) is 0 Å². The number of aromatic nitrogens is 2. The molecule has 3 rings (SSSR count). The van der Waals surface area contributed by atoms with Crippen molar-refractivity contribution in [3.8, 4) is 11.3 Å². The maximum atomic E-state index is 12.8. The fourth-order valence-corrected chi connectivity index (χ4v) is 4.19. The molecule has 0 atom stereocenters. The molecule has 0 saturated heterocycles. The van der Waals surface area contributed by atoms with E-state index in [1.54, 1.807) is 24.3 Å². The summed E-state index contributed by atoms with van der Waals surface area (Å²) < 4.78 is 11.0. The minimum Gasteiger partial charge on any atom is -0.465 e.